The van der Waals surface area contributed by atoms with E-state index >= 15 is 0 Å². The van der Waals surface area contributed by atoms with E-state index < -0.39 is 17.6 Å². The molecule has 1 fully saturated rings. The molecular formula is C23H20FN3O3S2. The second kappa shape index (κ2) is 11.4. The fraction of sp³-hybridized carbons (Fsp3) is 0.130. The van der Waals surface area contributed by atoms with Crippen molar-refractivity contribution in [3.05, 3.63) is 88.6 Å². The van der Waals surface area contributed by atoms with Gasteiger partial charge in [0.2, 0.25) is 5.91 Å². The number of nitrogens with zero attached hydrogens (tertiary/aromatic N) is 1. The number of hydrazine groups is 1. The van der Waals surface area contributed by atoms with Crippen LogP contribution in [0.3, 0.4) is 0 Å². The lowest BCUT2D eigenvalue weighted by Crippen LogP contribution is -2.41. The Kier molecular flexibility index (Phi) is 8.29. The van der Waals surface area contributed by atoms with Crippen LogP contribution in [0, 0.1) is 5.82 Å². The van der Waals surface area contributed by atoms with Crippen molar-refractivity contribution in [1.29, 1.82) is 0 Å². The van der Waals surface area contributed by atoms with Crippen LogP contribution < -0.4 is 10.9 Å². The van der Waals surface area contributed by atoms with Gasteiger partial charge in [-0.3, -0.25) is 30.1 Å². The highest BCUT2D eigenvalue weighted by atomic mass is 32.2. The molecule has 0 radical (unpaired) electrons. The Morgan fingerprint density at radius 1 is 1.06 bits per heavy atom. The van der Waals surface area contributed by atoms with Crippen LogP contribution >= 0.6 is 24.0 Å². The quantitative estimate of drug-likeness (QED) is 0.366. The van der Waals surface area contributed by atoms with Crippen LogP contribution in [0.5, 0.6) is 0 Å². The van der Waals surface area contributed by atoms with E-state index in [-0.39, 0.29) is 17.9 Å². The van der Waals surface area contributed by atoms with E-state index in [4.69, 9.17) is 12.2 Å². The van der Waals surface area contributed by atoms with Gasteiger partial charge in [0.15, 0.2) is 0 Å². The van der Waals surface area contributed by atoms with Crippen molar-refractivity contribution >= 4 is 52.1 Å². The van der Waals surface area contributed by atoms with Crippen LogP contribution in [0.1, 0.15) is 28.8 Å². The SMILES string of the molecule is O=C(CCCN1C(=O)C(=CC=Cc2ccccc2)SC1=S)NNC(=O)c1ccc(F)cc1. The van der Waals surface area contributed by atoms with Gasteiger partial charge >= 0.3 is 0 Å². The van der Waals surface area contributed by atoms with Gasteiger partial charge in [0.1, 0.15) is 10.1 Å². The number of nitrogens with one attached hydrogen (secondary N) is 2. The summed E-state index contributed by atoms with van der Waals surface area (Å²) in [4.78, 5) is 38.4. The van der Waals surface area contributed by atoms with Crippen molar-refractivity contribution in [3.8, 4) is 0 Å². The van der Waals surface area contributed by atoms with Crippen molar-refractivity contribution in [2.45, 2.75) is 12.8 Å². The molecule has 3 rings (SSSR count). The normalized spacial score (nSPS) is 14.9. The third kappa shape index (κ3) is 6.60. The Labute approximate surface area is 194 Å². The molecule has 3 amide bonds. The largest absolute Gasteiger partial charge is 0.293 e. The van der Waals surface area contributed by atoms with Crippen molar-refractivity contribution in [2.75, 3.05) is 6.54 Å². The van der Waals surface area contributed by atoms with Gasteiger partial charge in [-0.15, -0.1) is 0 Å². The molecule has 0 bridgehead atoms. The Morgan fingerprint density at radius 3 is 2.50 bits per heavy atom. The molecule has 1 heterocycles. The summed E-state index contributed by atoms with van der Waals surface area (Å²) in [6, 6.07) is 14.7. The lowest BCUT2D eigenvalue weighted by molar-refractivity contribution is -0.124. The Hall–Kier alpha value is -3.30. The number of hydrogen-bond acceptors (Lipinski definition) is 5. The molecule has 164 valence electrons. The molecule has 0 aromatic heterocycles. The van der Waals surface area contributed by atoms with Crippen LogP contribution in [-0.2, 0) is 9.59 Å². The molecule has 6 nitrogen and oxygen atoms in total. The highest BCUT2D eigenvalue weighted by molar-refractivity contribution is 8.26. The van der Waals surface area contributed by atoms with Gasteiger partial charge in [0, 0.05) is 18.5 Å². The fourth-order valence-electron chi connectivity index (χ4n) is 2.78. The van der Waals surface area contributed by atoms with Gasteiger partial charge in [-0.2, -0.15) is 0 Å². The molecule has 9 heteroatoms. The Balaban J connectivity index is 1.42. The van der Waals surface area contributed by atoms with Gasteiger partial charge in [-0.1, -0.05) is 66.5 Å². The zero-order valence-corrected chi connectivity index (χ0v) is 18.5. The van der Waals surface area contributed by atoms with Gasteiger partial charge < -0.3 is 0 Å². The van der Waals surface area contributed by atoms with Crippen LogP contribution in [-0.4, -0.2) is 33.5 Å². The fourth-order valence-corrected chi connectivity index (χ4v) is 4.04. The van der Waals surface area contributed by atoms with Crippen LogP contribution in [0.15, 0.2) is 71.7 Å². The van der Waals surface area contributed by atoms with E-state index in [0.717, 1.165) is 17.7 Å². The van der Waals surface area contributed by atoms with Gasteiger partial charge in [0.25, 0.3) is 11.8 Å². The second-order valence-corrected chi connectivity index (χ2v) is 8.41. The smallest absolute Gasteiger partial charge is 0.269 e. The standard InChI is InChI=1S/C23H20FN3O3S2/c24-18-13-11-17(12-14-18)21(29)26-25-20(28)10-5-15-27-22(30)19(32-23(27)31)9-4-8-16-6-2-1-3-7-16/h1-4,6-9,11-14H,5,10,15H2,(H,25,28)(H,26,29). The maximum Gasteiger partial charge on any atom is 0.269 e. The van der Waals surface area contributed by atoms with Crippen molar-refractivity contribution in [3.63, 3.8) is 0 Å². The zero-order chi connectivity index (χ0) is 22.9. The van der Waals surface area contributed by atoms with Gasteiger partial charge in [-0.05, 0) is 42.3 Å². The van der Waals surface area contributed by atoms with Crippen LogP contribution in [0.25, 0.3) is 6.08 Å². The number of carbonyl (C=O) groups is 3. The van der Waals surface area contributed by atoms with Crippen molar-refractivity contribution < 1.29 is 18.8 Å². The minimum atomic E-state index is -0.552. The molecule has 0 aliphatic carbocycles. The van der Waals surface area contributed by atoms with Gasteiger partial charge in [-0.25, -0.2) is 4.39 Å². The summed E-state index contributed by atoms with van der Waals surface area (Å²) in [5.74, 6) is -1.61. The number of carbonyl (C=O) groups excluding carboxylic acids is 3. The first-order valence-electron chi connectivity index (χ1n) is 9.76. The van der Waals surface area contributed by atoms with Crippen LogP contribution in [0.4, 0.5) is 4.39 Å². The number of rotatable bonds is 7. The molecule has 0 unspecified atom stereocenters. The summed E-state index contributed by atoms with van der Waals surface area (Å²) < 4.78 is 13.3. The molecule has 2 aromatic carbocycles. The average molecular weight is 470 g/mol. The first-order valence-corrected chi connectivity index (χ1v) is 11.0. The molecule has 2 N–H and O–H groups in total. The number of allylic oxidation sites excluding steroid dienone is 2. The molecular weight excluding hydrogens is 449 g/mol. The molecule has 1 aliphatic rings. The van der Waals surface area contributed by atoms with E-state index in [0.29, 0.717) is 22.2 Å². The summed E-state index contributed by atoms with van der Waals surface area (Å²) in [6.07, 6.45) is 5.89. The molecule has 0 atom stereocenters. The summed E-state index contributed by atoms with van der Waals surface area (Å²) in [7, 11) is 0. The summed E-state index contributed by atoms with van der Waals surface area (Å²) >= 11 is 6.51. The number of hydrogen-bond donors (Lipinski definition) is 2. The predicted octanol–water partition coefficient (Wildman–Crippen LogP) is 3.82. The number of thiocarbonyl (C=S) groups is 1. The Bertz CT molecular complexity index is 1070. The second-order valence-electron chi connectivity index (χ2n) is 6.74. The van der Waals surface area contributed by atoms with E-state index in [2.05, 4.69) is 10.9 Å². The van der Waals surface area contributed by atoms with E-state index in [1.54, 1.807) is 12.2 Å². The molecule has 2 aromatic rings. The summed E-state index contributed by atoms with van der Waals surface area (Å²) in [5, 5.41) is 0. The first-order chi connectivity index (χ1) is 15.4. The predicted molar refractivity (Wildman–Crippen MR) is 127 cm³/mol. The van der Waals surface area contributed by atoms with Gasteiger partial charge in [0.05, 0.1) is 4.91 Å². The number of amides is 3. The lowest BCUT2D eigenvalue weighted by atomic mass is 10.2. The van der Waals surface area contributed by atoms with E-state index in [1.165, 1.54) is 28.8 Å². The minimum absolute atomic E-state index is 0.0910. The van der Waals surface area contributed by atoms with E-state index in [9.17, 15) is 18.8 Å². The third-order valence-electron chi connectivity index (χ3n) is 4.42. The Morgan fingerprint density at radius 2 is 1.78 bits per heavy atom. The minimum Gasteiger partial charge on any atom is -0.293 e. The summed E-state index contributed by atoms with van der Waals surface area (Å²) in [5.41, 5.74) is 5.82. The highest BCUT2D eigenvalue weighted by Gasteiger charge is 2.31. The summed E-state index contributed by atoms with van der Waals surface area (Å²) in [6.45, 7) is 0.295. The number of halogens is 1. The topological polar surface area (TPSA) is 78.5 Å². The zero-order valence-electron chi connectivity index (χ0n) is 16.9. The molecule has 0 saturated carbocycles. The first kappa shape index (κ1) is 23.4. The molecule has 1 aliphatic heterocycles. The maximum atomic E-state index is 12.9. The molecule has 1 saturated heterocycles. The number of benzene rings is 2. The maximum absolute atomic E-state index is 12.9. The monoisotopic (exact) mass is 469 g/mol. The lowest BCUT2D eigenvalue weighted by Gasteiger charge is -2.14. The number of thioether (sulfide) groups is 1. The van der Waals surface area contributed by atoms with Crippen LogP contribution in [0.2, 0.25) is 0 Å². The highest BCUT2D eigenvalue weighted by Crippen LogP contribution is 2.31. The van der Waals surface area contributed by atoms with Crippen molar-refractivity contribution in [1.82, 2.24) is 15.8 Å². The molecule has 0 spiro atoms. The molecule has 32 heavy (non-hydrogen) atoms. The van der Waals surface area contributed by atoms with E-state index in [1.807, 2.05) is 36.4 Å². The third-order valence-corrected chi connectivity index (χ3v) is 5.81. The van der Waals surface area contributed by atoms with Crippen molar-refractivity contribution in [2.24, 2.45) is 0 Å². The average Bonchev–Trinajstić information content (AvgIpc) is 3.06.